The van der Waals surface area contributed by atoms with Crippen molar-refractivity contribution in [2.75, 3.05) is 0 Å². The van der Waals surface area contributed by atoms with Crippen LogP contribution < -0.4 is 0 Å². The average molecular weight is 222 g/mol. The van der Waals surface area contributed by atoms with E-state index in [-0.39, 0.29) is 6.10 Å². The molecule has 1 N–H and O–H groups in total. The zero-order chi connectivity index (χ0) is 12.1. The van der Waals surface area contributed by atoms with Crippen molar-refractivity contribution < 1.29 is 5.11 Å². The van der Waals surface area contributed by atoms with Crippen LogP contribution in [0.25, 0.3) is 0 Å². The van der Waals surface area contributed by atoms with Gasteiger partial charge in [0.15, 0.2) is 0 Å². The molecule has 1 aliphatic rings. The van der Waals surface area contributed by atoms with Crippen LogP contribution in [0.2, 0.25) is 0 Å². The first kappa shape index (κ1) is 13.5. The fraction of sp³-hybridized carbons (Fsp3) is 0.733. The third-order valence-electron chi connectivity index (χ3n) is 3.46. The second-order valence-corrected chi connectivity index (χ2v) is 5.67. The van der Waals surface area contributed by atoms with Gasteiger partial charge in [-0.2, -0.15) is 0 Å². The molecule has 0 aliphatic heterocycles. The van der Waals surface area contributed by atoms with Crippen LogP contribution in [-0.2, 0) is 0 Å². The summed E-state index contributed by atoms with van der Waals surface area (Å²) in [6.45, 7) is 10.7. The van der Waals surface area contributed by atoms with Gasteiger partial charge >= 0.3 is 0 Å². The van der Waals surface area contributed by atoms with E-state index in [4.69, 9.17) is 0 Å². The van der Waals surface area contributed by atoms with Crippen molar-refractivity contribution in [1.82, 2.24) is 0 Å². The Bertz CT molecular complexity index is 263. The summed E-state index contributed by atoms with van der Waals surface area (Å²) in [6, 6.07) is 0. The molecule has 92 valence electrons. The van der Waals surface area contributed by atoms with Crippen LogP contribution >= 0.6 is 0 Å². The maximum Gasteiger partial charge on any atom is 0.0579 e. The molecule has 0 aromatic heterocycles. The molecule has 0 amide bonds. The minimum Gasteiger partial charge on any atom is -0.393 e. The zero-order valence-corrected chi connectivity index (χ0v) is 11.0. The van der Waals surface area contributed by atoms with E-state index < -0.39 is 0 Å². The molecule has 1 rings (SSSR count). The molecular formula is C15H26O. The van der Waals surface area contributed by atoms with Crippen LogP contribution in [0.3, 0.4) is 0 Å². The second-order valence-electron chi connectivity index (χ2n) is 5.67. The first-order chi connectivity index (χ1) is 7.49. The molecule has 0 aromatic rings. The predicted octanol–water partition coefficient (Wildman–Crippen LogP) is 4.09. The molecule has 1 nitrogen and oxygen atoms in total. The van der Waals surface area contributed by atoms with Crippen LogP contribution in [-0.4, -0.2) is 11.2 Å². The van der Waals surface area contributed by atoms with Gasteiger partial charge in [0.25, 0.3) is 0 Å². The number of hydrogen-bond donors (Lipinski definition) is 1. The number of allylic oxidation sites excluding steroid dienone is 2. The van der Waals surface area contributed by atoms with Gasteiger partial charge in [0, 0.05) is 0 Å². The van der Waals surface area contributed by atoms with Gasteiger partial charge in [0.1, 0.15) is 0 Å². The van der Waals surface area contributed by atoms with Crippen molar-refractivity contribution in [3.8, 4) is 0 Å². The van der Waals surface area contributed by atoms with Gasteiger partial charge in [-0.25, -0.2) is 0 Å². The second kappa shape index (κ2) is 6.24. The molecule has 0 heterocycles. The summed E-state index contributed by atoms with van der Waals surface area (Å²) < 4.78 is 0. The summed E-state index contributed by atoms with van der Waals surface area (Å²) >= 11 is 0. The van der Waals surface area contributed by atoms with Crippen LogP contribution in [0, 0.1) is 11.8 Å². The molecule has 1 heteroatoms. The van der Waals surface area contributed by atoms with Gasteiger partial charge in [-0.15, -0.1) is 0 Å². The quantitative estimate of drug-likeness (QED) is 0.695. The summed E-state index contributed by atoms with van der Waals surface area (Å²) in [5.41, 5.74) is 2.75. The summed E-state index contributed by atoms with van der Waals surface area (Å²) in [5.74, 6) is 1.17. The van der Waals surface area contributed by atoms with Gasteiger partial charge < -0.3 is 5.11 Å². The van der Waals surface area contributed by atoms with Crippen molar-refractivity contribution >= 4 is 0 Å². The Kier molecular flexibility index (Phi) is 5.27. The molecule has 0 saturated carbocycles. The highest BCUT2D eigenvalue weighted by atomic mass is 16.3. The van der Waals surface area contributed by atoms with Gasteiger partial charge in [0.2, 0.25) is 0 Å². The molecule has 16 heavy (non-hydrogen) atoms. The average Bonchev–Trinajstić information content (AvgIpc) is 2.16. The Labute approximate surface area is 100 Å². The van der Waals surface area contributed by atoms with Crippen molar-refractivity contribution in [3.05, 3.63) is 23.8 Å². The molecule has 0 fully saturated rings. The predicted molar refractivity (Wildman–Crippen MR) is 70.3 cm³/mol. The Balaban J connectivity index is 2.35. The molecular weight excluding hydrogens is 196 g/mol. The van der Waals surface area contributed by atoms with Gasteiger partial charge in [-0.3, -0.25) is 0 Å². The lowest BCUT2D eigenvalue weighted by atomic mass is 9.82. The van der Waals surface area contributed by atoms with Crippen molar-refractivity contribution in [2.45, 2.75) is 59.0 Å². The zero-order valence-electron chi connectivity index (χ0n) is 11.0. The third kappa shape index (κ3) is 4.52. The van der Waals surface area contributed by atoms with Crippen LogP contribution in [0.1, 0.15) is 52.9 Å². The number of aliphatic hydroxyl groups excluding tert-OH is 1. The first-order valence-electron chi connectivity index (χ1n) is 6.50. The largest absolute Gasteiger partial charge is 0.393 e. The number of aliphatic hydroxyl groups is 1. The Morgan fingerprint density at radius 3 is 2.75 bits per heavy atom. The highest BCUT2D eigenvalue weighted by Gasteiger charge is 2.18. The summed E-state index contributed by atoms with van der Waals surface area (Å²) in [7, 11) is 0. The molecule has 0 bridgehead atoms. The summed E-state index contributed by atoms with van der Waals surface area (Å²) in [4.78, 5) is 0. The maximum absolute atomic E-state index is 9.90. The maximum atomic E-state index is 9.90. The molecule has 0 aromatic carbocycles. The minimum atomic E-state index is -0.195. The van der Waals surface area contributed by atoms with E-state index in [9.17, 15) is 5.11 Å². The van der Waals surface area contributed by atoms with Crippen molar-refractivity contribution in [2.24, 2.45) is 11.8 Å². The third-order valence-corrected chi connectivity index (χ3v) is 3.46. The van der Waals surface area contributed by atoms with Gasteiger partial charge in [-0.05, 0) is 50.9 Å². The SMILES string of the molecule is C=C(CC(O)CC(C)C)C1CC=C(C)CC1. The smallest absolute Gasteiger partial charge is 0.0579 e. The Morgan fingerprint density at radius 2 is 2.25 bits per heavy atom. The number of hydrogen-bond acceptors (Lipinski definition) is 1. The normalized spacial score (nSPS) is 23.1. The highest BCUT2D eigenvalue weighted by Crippen LogP contribution is 2.30. The van der Waals surface area contributed by atoms with E-state index in [0.717, 1.165) is 19.3 Å². The number of rotatable bonds is 5. The van der Waals surface area contributed by atoms with Gasteiger partial charge in [-0.1, -0.05) is 37.6 Å². The Morgan fingerprint density at radius 1 is 1.56 bits per heavy atom. The standard InChI is InChI=1S/C15H26O/c1-11(2)9-15(16)10-13(4)14-7-5-12(3)6-8-14/h5,11,14-16H,4,6-10H2,1-3H3. The lowest BCUT2D eigenvalue weighted by Crippen LogP contribution is -2.15. The van der Waals surface area contributed by atoms with Crippen molar-refractivity contribution in [1.29, 1.82) is 0 Å². The van der Waals surface area contributed by atoms with Crippen LogP contribution in [0.4, 0.5) is 0 Å². The fourth-order valence-electron chi connectivity index (χ4n) is 2.43. The molecule has 1 aliphatic carbocycles. The monoisotopic (exact) mass is 222 g/mol. The molecule has 2 atom stereocenters. The van der Waals surface area contributed by atoms with Gasteiger partial charge in [0.05, 0.1) is 6.10 Å². The van der Waals surface area contributed by atoms with E-state index in [1.54, 1.807) is 0 Å². The minimum absolute atomic E-state index is 0.195. The van der Waals surface area contributed by atoms with Crippen LogP contribution in [0.15, 0.2) is 23.8 Å². The fourth-order valence-corrected chi connectivity index (χ4v) is 2.43. The highest BCUT2D eigenvalue weighted by molar-refractivity contribution is 5.12. The lowest BCUT2D eigenvalue weighted by Gasteiger charge is -2.24. The molecule has 2 unspecified atom stereocenters. The topological polar surface area (TPSA) is 20.2 Å². The molecule has 0 radical (unpaired) electrons. The van der Waals surface area contributed by atoms with E-state index in [1.807, 2.05) is 0 Å². The van der Waals surface area contributed by atoms with E-state index >= 15 is 0 Å². The van der Waals surface area contributed by atoms with E-state index in [2.05, 4.69) is 33.4 Å². The molecule has 0 saturated heterocycles. The van der Waals surface area contributed by atoms with Crippen molar-refractivity contribution in [3.63, 3.8) is 0 Å². The van der Waals surface area contributed by atoms with Crippen LogP contribution in [0.5, 0.6) is 0 Å². The van der Waals surface area contributed by atoms with E-state index in [1.165, 1.54) is 24.0 Å². The first-order valence-corrected chi connectivity index (χ1v) is 6.50. The Hall–Kier alpha value is -0.560. The summed E-state index contributed by atoms with van der Waals surface area (Å²) in [6.07, 6.45) is 7.35. The molecule has 0 spiro atoms. The lowest BCUT2D eigenvalue weighted by molar-refractivity contribution is 0.145. The van der Waals surface area contributed by atoms with E-state index in [0.29, 0.717) is 11.8 Å². The summed E-state index contributed by atoms with van der Waals surface area (Å²) in [5, 5.41) is 9.90.